The molecule has 240 valence electrons. The van der Waals surface area contributed by atoms with Crippen LogP contribution in [0.4, 0.5) is 0 Å². The summed E-state index contributed by atoms with van der Waals surface area (Å²) in [5.74, 6) is 3.00. The molecule has 5 aliphatic carbocycles. The van der Waals surface area contributed by atoms with E-state index in [4.69, 9.17) is 5.73 Å². The number of aliphatic hydroxyl groups excluding tert-OH is 1. The van der Waals surface area contributed by atoms with Crippen molar-refractivity contribution in [2.75, 3.05) is 39.3 Å². The number of nitrogens with two attached hydrogens (primary N) is 1. The molecule has 42 heavy (non-hydrogen) atoms. The first-order valence-electron chi connectivity index (χ1n) is 17.5. The number of aliphatic hydroxyl groups is 1. The Hall–Kier alpha value is -0.950. The summed E-state index contributed by atoms with van der Waals surface area (Å²) in [6, 6.07) is 0. The Bertz CT molecular complexity index is 1010. The number of allylic oxidation sites excluding steroid dienone is 1. The van der Waals surface area contributed by atoms with Crippen molar-refractivity contribution in [1.82, 2.24) is 16.0 Å². The average molecular weight is 585 g/mol. The molecule has 5 aliphatic rings. The van der Waals surface area contributed by atoms with Gasteiger partial charge in [0.25, 0.3) is 0 Å². The van der Waals surface area contributed by atoms with Crippen LogP contribution in [0.5, 0.6) is 0 Å². The number of carbonyl (C=O) groups is 1. The van der Waals surface area contributed by atoms with Gasteiger partial charge in [0.15, 0.2) is 0 Å². The van der Waals surface area contributed by atoms with Gasteiger partial charge in [-0.1, -0.05) is 46.8 Å². The van der Waals surface area contributed by atoms with Crippen LogP contribution in [0, 0.1) is 56.7 Å². The van der Waals surface area contributed by atoms with Crippen molar-refractivity contribution in [3.05, 3.63) is 12.2 Å². The minimum Gasteiger partial charge on any atom is -0.393 e. The number of amides is 1. The van der Waals surface area contributed by atoms with E-state index in [0.717, 1.165) is 64.7 Å². The lowest BCUT2D eigenvalue weighted by Crippen LogP contribution is -2.67. The second-order valence-electron chi connectivity index (χ2n) is 16.8. The Balaban J connectivity index is 1.36. The first kappa shape index (κ1) is 32.4. The maximum atomic E-state index is 14.2. The Morgan fingerprint density at radius 3 is 2.19 bits per heavy atom. The van der Waals surface area contributed by atoms with Crippen LogP contribution in [0.1, 0.15) is 106 Å². The molecule has 0 radical (unpaired) electrons. The van der Waals surface area contributed by atoms with Gasteiger partial charge in [-0.15, -0.1) is 0 Å². The number of hydrogen-bond donors (Lipinski definition) is 5. The zero-order valence-electron chi connectivity index (χ0n) is 27.9. The summed E-state index contributed by atoms with van der Waals surface area (Å²) in [5.41, 5.74) is 7.36. The highest BCUT2D eigenvalue weighted by Crippen LogP contribution is 2.77. The molecule has 0 aromatic heterocycles. The molecule has 6 heteroatoms. The fourth-order valence-electron chi connectivity index (χ4n) is 12.5. The first-order chi connectivity index (χ1) is 19.8. The molecule has 1 amide bonds. The Morgan fingerprint density at radius 2 is 1.50 bits per heavy atom. The van der Waals surface area contributed by atoms with Crippen molar-refractivity contribution in [3.8, 4) is 0 Å². The third kappa shape index (κ3) is 4.84. The van der Waals surface area contributed by atoms with Gasteiger partial charge < -0.3 is 26.8 Å². The van der Waals surface area contributed by atoms with Crippen LogP contribution in [-0.2, 0) is 4.79 Å². The minimum absolute atomic E-state index is 0.0156. The van der Waals surface area contributed by atoms with Gasteiger partial charge in [-0.3, -0.25) is 4.79 Å². The molecule has 5 saturated carbocycles. The van der Waals surface area contributed by atoms with Crippen LogP contribution >= 0.6 is 0 Å². The maximum absolute atomic E-state index is 14.2. The second-order valence-corrected chi connectivity index (χ2v) is 16.8. The van der Waals surface area contributed by atoms with E-state index in [1.165, 1.54) is 31.3 Å². The molecule has 0 bridgehead atoms. The molecule has 0 unspecified atom stereocenters. The van der Waals surface area contributed by atoms with Gasteiger partial charge in [0.1, 0.15) is 0 Å². The zero-order chi connectivity index (χ0) is 30.6. The Kier molecular flexibility index (Phi) is 9.09. The van der Waals surface area contributed by atoms with Gasteiger partial charge in [-0.2, -0.15) is 0 Å². The van der Waals surface area contributed by atoms with Crippen LogP contribution in [-0.4, -0.2) is 56.4 Å². The predicted molar refractivity (Wildman–Crippen MR) is 173 cm³/mol. The van der Waals surface area contributed by atoms with E-state index in [2.05, 4.69) is 64.1 Å². The van der Waals surface area contributed by atoms with E-state index in [1.807, 2.05) is 0 Å². The molecule has 6 N–H and O–H groups in total. The summed E-state index contributed by atoms with van der Waals surface area (Å²) >= 11 is 0. The zero-order valence-corrected chi connectivity index (χ0v) is 27.9. The monoisotopic (exact) mass is 585 g/mol. The third-order valence-electron chi connectivity index (χ3n) is 14.9. The van der Waals surface area contributed by atoms with Crippen LogP contribution in [0.15, 0.2) is 12.2 Å². The van der Waals surface area contributed by atoms with Crippen LogP contribution < -0.4 is 21.7 Å². The van der Waals surface area contributed by atoms with E-state index >= 15 is 0 Å². The van der Waals surface area contributed by atoms with Gasteiger partial charge in [0, 0.05) is 39.3 Å². The molecule has 6 nitrogen and oxygen atoms in total. The highest BCUT2D eigenvalue weighted by Gasteiger charge is 2.71. The number of nitrogens with one attached hydrogen (secondary N) is 3. The number of hydrogen-bond acceptors (Lipinski definition) is 5. The first-order valence-corrected chi connectivity index (χ1v) is 17.5. The molecular formula is C36H64N4O2. The van der Waals surface area contributed by atoms with Gasteiger partial charge in [-0.05, 0) is 122 Å². The minimum atomic E-state index is -0.252. The quantitative estimate of drug-likeness (QED) is 0.178. The summed E-state index contributed by atoms with van der Waals surface area (Å²) < 4.78 is 0. The SMILES string of the molecule is C=C(C)[C@@H]1CC[C@]2(C(=O)NCCNCCNCCN)CC[C@]3(C)[C@H](CC[C@@H]4[C@@]5(C)CC[C@H](O)C(C)(C)[C@@H]5CC[C@]43C)[C@@H]12. The van der Waals surface area contributed by atoms with Gasteiger partial charge in [-0.25, -0.2) is 0 Å². The molecule has 0 aliphatic heterocycles. The molecule has 5 fully saturated rings. The van der Waals surface area contributed by atoms with Gasteiger partial charge in [0.2, 0.25) is 5.91 Å². The summed E-state index contributed by atoms with van der Waals surface area (Å²) in [6.07, 6.45) is 11.2. The van der Waals surface area contributed by atoms with E-state index in [1.54, 1.807) is 0 Å². The molecule has 0 heterocycles. The normalized spacial score (nSPS) is 45.7. The highest BCUT2D eigenvalue weighted by molar-refractivity contribution is 5.84. The largest absolute Gasteiger partial charge is 0.393 e. The van der Waals surface area contributed by atoms with Crippen molar-refractivity contribution in [1.29, 1.82) is 0 Å². The molecular weight excluding hydrogens is 520 g/mol. The molecule has 0 aromatic rings. The van der Waals surface area contributed by atoms with Crippen molar-refractivity contribution >= 4 is 5.91 Å². The fraction of sp³-hybridized carbons (Fsp3) is 0.917. The lowest BCUT2D eigenvalue weighted by Gasteiger charge is -2.72. The van der Waals surface area contributed by atoms with E-state index in [9.17, 15) is 9.90 Å². The molecule has 0 spiro atoms. The number of rotatable bonds is 10. The summed E-state index contributed by atoms with van der Waals surface area (Å²) in [5, 5.41) is 21.2. The second kappa shape index (κ2) is 11.8. The van der Waals surface area contributed by atoms with E-state index in [0.29, 0.717) is 48.6 Å². The molecule has 0 aromatic carbocycles. The lowest BCUT2D eigenvalue weighted by atomic mass is 9.32. The van der Waals surface area contributed by atoms with Crippen LogP contribution in [0.3, 0.4) is 0 Å². The van der Waals surface area contributed by atoms with Crippen LogP contribution in [0.25, 0.3) is 0 Å². The fourth-order valence-corrected chi connectivity index (χ4v) is 12.5. The summed E-state index contributed by atoms with van der Waals surface area (Å²) in [7, 11) is 0. The lowest BCUT2D eigenvalue weighted by molar-refractivity contribution is -0.246. The predicted octanol–water partition coefficient (Wildman–Crippen LogP) is 5.26. The highest BCUT2D eigenvalue weighted by atomic mass is 16.3. The Labute approximate surface area is 257 Å². The summed E-state index contributed by atoms with van der Waals surface area (Å²) in [6.45, 7) is 24.1. The van der Waals surface area contributed by atoms with E-state index in [-0.39, 0.29) is 33.2 Å². The molecule has 0 saturated heterocycles. The number of carbonyl (C=O) groups excluding carboxylic acids is 1. The average Bonchev–Trinajstić information content (AvgIpc) is 3.34. The van der Waals surface area contributed by atoms with Crippen molar-refractivity contribution in [2.24, 2.45) is 62.4 Å². The van der Waals surface area contributed by atoms with Crippen molar-refractivity contribution in [2.45, 2.75) is 112 Å². The maximum Gasteiger partial charge on any atom is 0.226 e. The van der Waals surface area contributed by atoms with Crippen molar-refractivity contribution in [3.63, 3.8) is 0 Å². The Morgan fingerprint density at radius 1 is 0.810 bits per heavy atom. The standard InChI is InChI=1S/C36H64N4O2/c1-24(2)25-10-15-36(31(42)40-23-22-39-21-20-38-19-18-37)17-16-34(6)26(30(25)36)8-9-28-33(5)13-12-29(41)32(3,4)27(33)11-14-35(28,34)7/h25-30,38-39,41H,1,8-23,37H2,2-7H3,(H,40,42)/t25-,26+,27-,28+,29-,30+,33-,34+,35+,36-/m0/s1. The number of fused-ring (bicyclic) bond motifs is 7. The summed E-state index contributed by atoms with van der Waals surface area (Å²) in [4.78, 5) is 14.2. The van der Waals surface area contributed by atoms with Gasteiger partial charge in [0.05, 0.1) is 11.5 Å². The van der Waals surface area contributed by atoms with E-state index < -0.39 is 0 Å². The van der Waals surface area contributed by atoms with Crippen molar-refractivity contribution < 1.29 is 9.90 Å². The topological polar surface area (TPSA) is 99.4 Å². The van der Waals surface area contributed by atoms with Crippen LogP contribution in [0.2, 0.25) is 0 Å². The van der Waals surface area contributed by atoms with Gasteiger partial charge >= 0.3 is 0 Å². The third-order valence-corrected chi connectivity index (χ3v) is 14.9. The smallest absolute Gasteiger partial charge is 0.226 e. The molecule has 10 atom stereocenters. The molecule has 5 rings (SSSR count).